The summed E-state index contributed by atoms with van der Waals surface area (Å²) in [5.74, 6) is 0. The molecule has 1 saturated heterocycles. The number of anilines is 2. The van der Waals surface area contributed by atoms with Crippen LogP contribution in [0.2, 0.25) is 0 Å². The lowest BCUT2D eigenvalue weighted by Crippen LogP contribution is -2.31. The molecule has 19 heavy (non-hydrogen) atoms. The molecule has 98 valence electrons. The highest BCUT2D eigenvalue weighted by molar-refractivity contribution is 7.09. The molecule has 2 heterocycles. The molecular formula is C14H15N3OS. The molecule has 2 aromatic rings. The second-order valence-corrected chi connectivity index (χ2v) is 5.53. The highest BCUT2D eigenvalue weighted by atomic mass is 32.1. The quantitative estimate of drug-likeness (QED) is 0.874. The number of benzene rings is 1. The minimum Gasteiger partial charge on any atom is -0.397 e. The van der Waals surface area contributed by atoms with Crippen molar-refractivity contribution in [1.29, 1.82) is 0 Å². The average molecular weight is 273 g/mol. The van der Waals surface area contributed by atoms with Gasteiger partial charge in [0.05, 0.1) is 17.9 Å². The van der Waals surface area contributed by atoms with Crippen molar-refractivity contribution < 1.29 is 4.79 Å². The van der Waals surface area contributed by atoms with Crippen molar-refractivity contribution in [2.24, 2.45) is 0 Å². The van der Waals surface area contributed by atoms with Crippen LogP contribution in [-0.4, -0.2) is 24.0 Å². The van der Waals surface area contributed by atoms with Gasteiger partial charge >= 0.3 is 6.03 Å². The maximum Gasteiger partial charge on any atom is 0.325 e. The van der Waals surface area contributed by atoms with Gasteiger partial charge in [0, 0.05) is 18.0 Å². The predicted octanol–water partition coefficient (Wildman–Crippen LogP) is 2.77. The molecule has 2 amide bonds. The van der Waals surface area contributed by atoms with Crippen molar-refractivity contribution in [3.63, 3.8) is 0 Å². The van der Waals surface area contributed by atoms with Crippen LogP contribution in [0.5, 0.6) is 0 Å². The first-order valence-corrected chi connectivity index (χ1v) is 7.07. The van der Waals surface area contributed by atoms with Gasteiger partial charge in [0.1, 0.15) is 0 Å². The Morgan fingerprint density at radius 2 is 2.00 bits per heavy atom. The Labute approximate surface area is 116 Å². The summed E-state index contributed by atoms with van der Waals surface area (Å²) in [6.45, 7) is 2.11. The standard InChI is InChI=1S/C14H15N3OS/c15-12-5-1-2-6-13(12)17-8-7-16(14(17)18)10-11-4-3-9-19-11/h1-6,9H,7-8,10,15H2. The molecule has 1 fully saturated rings. The number of rotatable bonds is 3. The summed E-state index contributed by atoms with van der Waals surface area (Å²) in [5.41, 5.74) is 7.39. The largest absolute Gasteiger partial charge is 0.397 e. The van der Waals surface area contributed by atoms with Crippen molar-refractivity contribution in [2.45, 2.75) is 6.54 Å². The third kappa shape index (κ3) is 2.29. The Hall–Kier alpha value is -2.01. The lowest BCUT2D eigenvalue weighted by molar-refractivity contribution is 0.219. The van der Waals surface area contributed by atoms with E-state index in [-0.39, 0.29) is 6.03 Å². The Bertz CT molecular complexity index is 582. The molecular weight excluding hydrogens is 258 g/mol. The van der Waals surface area contributed by atoms with Gasteiger partial charge in [-0.2, -0.15) is 0 Å². The molecule has 0 saturated carbocycles. The molecule has 1 aromatic carbocycles. The monoisotopic (exact) mass is 273 g/mol. The van der Waals surface area contributed by atoms with Crippen molar-refractivity contribution in [3.05, 3.63) is 46.7 Å². The Kier molecular flexibility index (Phi) is 3.13. The van der Waals surface area contributed by atoms with E-state index in [1.165, 1.54) is 4.88 Å². The summed E-state index contributed by atoms with van der Waals surface area (Å²) in [4.78, 5) is 17.2. The number of nitrogen functional groups attached to an aromatic ring is 1. The second kappa shape index (κ2) is 4.93. The molecule has 5 heteroatoms. The zero-order valence-corrected chi connectivity index (χ0v) is 11.3. The van der Waals surface area contributed by atoms with Gasteiger partial charge in [-0.1, -0.05) is 18.2 Å². The molecule has 1 aliphatic heterocycles. The van der Waals surface area contributed by atoms with Crippen LogP contribution in [0.1, 0.15) is 4.88 Å². The lowest BCUT2D eigenvalue weighted by Gasteiger charge is -2.19. The summed E-state index contributed by atoms with van der Waals surface area (Å²) in [6, 6.07) is 11.6. The van der Waals surface area contributed by atoms with E-state index in [1.807, 2.05) is 40.6 Å². The van der Waals surface area contributed by atoms with Crippen LogP contribution in [0.15, 0.2) is 41.8 Å². The third-order valence-electron chi connectivity index (χ3n) is 3.25. The number of carbonyl (C=O) groups excluding carboxylic acids is 1. The second-order valence-electron chi connectivity index (χ2n) is 4.49. The molecule has 2 N–H and O–H groups in total. The number of urea groups is 1. The van der Waals surface area contributed by atoms with Crippen LogP contribution >= 0.6 is 11.3 Å². The topological polar surface area (TPSA) is 49.6 Å². The molecule has 3 rings (SSSR count). The number of para-hydroxylation sites is 2. The average Bonchev–Trinajstić information content (AvgIpc) is 3.03. The number of hydrogen-bond donors (Lipinski definition) is 1. The molecule has 0 spiro atoms. The molecule has 0 bridgehead atoms. The lowest BCUT2D eigenvalue weighted by atomic mass is 10.2. The first-order valence-electron chi connectivity index (χ1n) is 6.19. The van der Waals surface area contributed by atoms with Crippen LogP contribution in [0.3, 0.4) is 0 Å². The fourth-order valence-electron chi connectivity index (χ4n) is 2.28. The van der Waals surface area contributed by atoms with Crippen molar-refractivity contribution in [2.75, 3.05) is 23.7 Å². The Morgan fingerprint density at radius 3 is 2.74 bits per heavy atom. The van der Waals surface area contributed by atoms with E-state index < -0.39 is 0 Å². The van der Waals surface area contributed by atoms with Crippen LogP contribution in [-0.2, 0) is 6.54 Å². The fraction of sp³-hybridized carbons (Fsp3) is 0.214. The van der Waals surface area contributed by atoms with Crippen LogP contribution < -0.4 is 10.6 Å². The summed E-state index contributed by atoms with van der Waals surface area (Å²) in [7, 11) is 0. The summed E-state index contributed by atoms with van der Waals surface area (Å²) in [6.07, 6.45) is 0. The Balaban J connectivity index is 1.77. The summed E-state index contributed by atoms with van der Waals surface area (Å²) >= 11 is 1.67. The van der Waals surface area contributed by atoms with Crippen LogP contribution in [0.4, 0.5) is 16.2 Å². The fourth-order valence-corrected chi connectivity index (χ4v) is 3.00. The highest BCUT2D eigenvalue weighted by Crippen LogP contribution is 2.27. The van der Waals surface area contributed by atoms with Gasteiger partial charge in [-0.15, -0.1) is 11.3 Å². The number of thiophene rings is 1. The van der Waals surface area contributed by atoms with Crippen molar-refractivity contribution in [1.82, 2.24) is 4.90 Å². The smallest absolute Gasteiger partial charge is 0.325 e. The van der Waals surface area contributed by atoms with E-state index >= 15 is 0 Å². The normalized spacial score (nSPS) is 15.3. The van der Waals surface area contributed by atoms with Crippen molar-refractivity contribution >= 4 is 28.7 Å². The molecule has 1 aromatic heterocycles. The van der Waals surface area contributed by atoms with Gasteiger partial charge in [0.25, 0.3) is 0 Å². The van der Waals surface area contributed by atoms with Gasteiger partial charge in [0.15, 0.2) is 0 Å². The molecule has 0 radical (unpaired) electrons. The van der Waals surface area contributed by atoms with Gasteiger partial charge in [-0.25, -0.2) is 4.79 Å². The number of hydrogen-bond acceptors (Lipinski definition) is 3. The predicted molar refractivity (Wildman–Crippen MR) is 78.3 cm³/mol. The van der Waals surface area contributed by atoms with E-state index in [0.717, 1.165) is 12.2 Å². The first kappa shape index (κ1) is 12.0. The van der Waals surface area contributed by atoms with Crippen LogP contribution in [0.25, 0.3) is 0 Å². The third-order valence-corrected chi connectivity index (χ3v) is 4.11. The SMILES string of the molecule is Nc1ccccc1N1CCN(Cc2cccs2)C1=O. The van der Waals surface area contributed by atoms with Crippen molar-refractivity contribution in [3.8, 4) is 0 Å². The van der Waals surface area contributed by atoms with E-state index in [0.29, 0.717) is 18.8 Å². The number of nitrogens with two attached hydrogens (primary N) is 1. The molecule has 0 unspecified atom stereocenters. The van der Waals surface area contributed by atoms with Gasteiger partial charge in [-0.3, -0.25) is 4.90 Å². The minimum absolute atomic E-state index is 0.0336. The summed E-state index contributed by atoms with van der Waals surface area (Å²) < 4.78 is 0. The number of amides is 2. The molecule has 0 atom stereocenters. The zero-order valence-electron chi connectivity index (χ0n) is 10.5. The van der Waals surface area contributed by atoms with Gasteiger partial charge in [0.2, 0.25) is 0 Å². The zero-order chi connectivity index (χ0) is 13.2. The highest BCUT2D eigenvalue weighted by Gasteiger charge is 2.30. The molecule has 0 aliphatic carbocycles. The first-order chi connectivity index (χ1) is 9.25. The molecule has 4 nitrogen and oxygen atoms in total. The van der Waals surface area contributed by atoms with E-state index in [9.17, 15) is 4.79 Å². The van der Waals surface area contributed by atoms with E-state index in [2.05, 4.69) is 6.07 Å². The summed E-state index contributed by atoms with van der Waals surface area (Å²) in [5, 5.41) is 2.03. The Morgan fingerprint density at radius 1 is 1.16 bits per heavy atom. The maximum absolute atomic E-state index is 12.4. The van der Waals surface area contributed by atoms with E-state index in [1.54, 1.807) is 16.2 Å². The van der Waals surface area contributed by atoms with Crippen LogP contribution in [0, 0.1) is 0 Å². The number of carbonyl (C=O) groups is 1. The van der Waals surface area contributed by atoms with Gasteiger partial charge < -0.3 is 10.6 Å². The van der Waals surface area contributed by atoms with E-state index in [4.69, 9.17) is 5.73 Å². The molecule has 1 aliphatic rings. The number of nitrogens with zero attached hydrogens (tertiary/aromatic N) is 2. The van der Waals surface area contributed by atoms with Gasteiger partial charge in [-0.05, 0) is 23.6 Å². The maximum atomic E-state index is 12.4. The minimum atomic E-state index is 0.0336.